The van der Waals surface area contributed by atoms with Gasteiger partial charge in [-0.2, -0.15) is 0 Å². The molecule has 3 unspecified atom stereocenters. The zero-order valence-corrected chi connectivity index (χ0v) is 9.88. The molecule has 1 rings (SSSR count). The summed E-state index contributed by atoms with van der Waals surface area (Å²) in [4.78, 5) is 0. The van der Waals surface area contributed by atoms with Crippen LogP contribution in [0.5, 0.6) is 0 Å². The zero-order chi connectivity index (χ0) is 10.6. The van der Waals surface area contributed by atoms with E-state index < -0.39 is 0 Å². The predicted molar refractivity (Wildman–Crippen MR) is 60.2 cm³/mol. The summed E-state index contributed by atoms with van der Waals surface area (Å²) >= 11 is 0. The van der Waals surface area contributed by atoms with E-state index in [1.54, 1.807) is 0 Å². The van der Waals surface area contributed by atoms with Gasteiger partial charge in [0.05, 0.1) is 6.10 Å². The highest BCUT2D eigenvalue weighted by Gasteiger charge is 2.40. The first-order chi connectivity index (χ1) is 6.64. The topological polar surface area (TPSA) is 35.2 Å². The van der Waals surface area contributed by atoms with Gasteiger partial charge < -0.3 is 10.5 Å². The van der Waals surface area contributed by atoms with Crippen LogP contribution in [0, 0.1) is 11.3 Å². The lowest BCUT2D eigenvalue weighted by molar-refractivity contribution is 0.0544. The minimum absolute atomic E-state index is 0.272. The highest BCUT2D eigenvalue weighted by Crippen LogP contribution is 2.40. The van der Waals surface area contributed by atoms with Gasteiger partial charge in [0.15, 0.2) is 0 Å². The van der Waals surface area contributed by atoms with E-state index in [1.165, 1.54) is 19.3 Å². The second kappa shape index (κ2) is 5.13. The lowest BCUT2D eigenvalue weighted by Gasteiger charge is -2.33. The molecule has 0 aliphatic carbocycles. The van der Waals surface area contributed by atoms with Crippen molar-refractivity contribution in [1.29, 1.82) is 0 Å². The SMILES string of the molecule is CCCC(C)CC1(CN)CCOC1C. The molecule has 0 aromatic carbocycles. The van der Waals surface area contributed by atoms with Gasteiger partial charge in [0.25, 0.3) is 0 Å². The van der Waals surface area contributed by atoms with Crippen molar-refractivity contribution >= 4 is 0 Å². The van der Waals surface area contributed by atoms with Crippen molar-refractivity contribution in [2.75, 3.05) is 13.2 Å². The summed E-state index contributed by atoms with van der Waals surface area (Å²) < 4.78 is 5.66. The summed E-state index contributed by atoms with van der Waals surface area (Å²) in [6, 6.07) is 0. The summed E-state index contributed by atoms with van der Waals surface area (Å²) in [6.45, 7) is 8.45. The Bertz CT molecular complexity index is 172. The van der Waals surface area contributed by atoms with E-state index in [-0.39, 0.29) is 5.41 Å². The van der Waals surface area contributed by atoms with Crippen LogP contribution in [0.25, 0.3) is 0 Å². The van der Waals surface area contributed by atoms with Crippen molar-refractivity contribution in [2.24, 2.45) is 17.1 Å². The largest absolute Gasteiger partial charge is 0.378 e. The number of hydrogen-bond acceptors (Lipinski definition) is 2. The van der Waals surface area contributed by atoms with E-state index in [2.05, 4.69) is 20.8 Å². The number of nitrogens with two attached hydrogens (primary N) is 1. The molecule has 1 aliphatic rings. The second-order valence-corrected chi connectivity index (χ2v) is 4.93. The van der Waals surface area contributed by atoms with Gasteiger partial charge in [-0.15, -0.1) is 0 Å². The van der Waals surface area contributed by atoms with Gasteiger partial charge in [0, 0.05) is 18.6 Å². The van der Waals surface area contributed by atoms with Gasteiger partial charge in [-0.05, 0) is 25.7 Å². The fraction of sp³-hybridized carbons (Fsp3) is 1.00. The number of rotatable bonds is 5. The standard InChI is InChI=1S/C12H25NO/c1-4-5-10(2)8-12(9-13)6-7-14-11(12)3/h10-11H,4-9,13H2,1-3H3. The van der Waals surface area contributed by atoms with Crippen LogP contribution in [-0.4, -0.2) is 19.3 Å². The lowest BCUT2D eigenvalue weighted by atomic mass is 9.74. The lowest BCUT2D eigenvalue weighted by Crippen LogP contribution is -2.38. The van der Waals surface area contributed by atoms with Gasteiger partial charge >= 0.3 is 0 Å². The fourth-order valence-electron chi connectivity index (χ4n) is 2.73. The molecular weight excluding hydrogens is 174 g/mol. The Labute approximate surface area is 88.2 Å². The molecule has 14 heavy (non-hydrogen) atoms. The highest BCUT2D eigenvalue weighted by atomic mass is 16.5. The molecule has 0 aromatic rings. The Morgan fingerprint density at radius 1 is 1.57 bits per heavy atom. The van der Waals surface area contributed by atoms with Crippen LogP contribution in [0.1, 0.15) is 46.5 Å². The Hall–Kier alpha value is -0.0800. The van der Waals surface area contributed by atoms with Crippen LogP contribution < -0.4 is 5.73 Å². The van der Waals surface area contributed by atoms with Crippen molar-refractivity contribution in [3.63, 3.8) is 0 Å². The molecule has 84 valence electrons. The minimum Gasteiger partial charge on any atom is -0.378 e. The van der Waals surface area contributed by atoms with Gasteiger partial charge in [-0.1, -0.05) is 26.7 Å². The molecule has 0 saturated carbocycles. The van der Waals surface area contributed by atoms with Crippen molar-refractivity contribution in [2.45, 2.75) is 52.6 Å². The fourth-order valence-corrected chi connectivity index (χ4v) is 2.73. The molecule has 1 aliphatic heterocycles. The third-order valence-electron chi connectivity index (χ3n) is 3.77. The van der Waals surface area contributed by atoms with E-state index in [9.17, 15) is 0 Å². The normalized spacial score (nSPS) is 34.7. The van der Waals surface area contributed by atoms with Crippen molar-refractivity contribution in [3.8, 4) is 0 Å². The molecule has 0 aromatic heterocycles. The molecule has 1 saturated heterocycles. The molecule has 0 amide bonds. The average Bonchev–Trinajstić information content (AvgIpc) is 2.49. The van der Waals surface area contributed by atoms with E-state index in [1.807, 2.05) is 0 Å². The summed E-state index contributed by atoms with van der Waals surface area (Å²) in [5, 5.41) is 0. The van der Waals surface area contributed by atoms with E-state index in [0.29, 0.717) is 6.10 Å². The molecule has 2 heteroatoms. The molecule has 1 fully saturated rings. The van der Waals surface area contributed by atoms with Crippen LogP contribution >= 0.6 is 0 Å². The number of ether oxygens (including phenoxy) is 1. The Morgan fingerprint density at radius 3 is 2.71 bits per heavy atom. The predicted octanol–water partition coefficient (Wildman–Crippen LogP) is 2.57. The molecule has 2 nitrogen and oxygen atoms in total. The quantitative estimate of drug-likeness (QED) is 0.738. The van der Waals surface area contributed by atoms with E-state index >= 15 is 0 Å². The smallest absolute Gasteiger partial charge is 0.0616 e. The molecule has 0 radical (unpaired) electrons. The minimum atomic E-state index is 0.272. The maximum Gasteiger partial charge on any atom is 0.0616 e. The first kappa shape index (κ1) is 12.0. The van der Waals surface area contributed by atoms with E-state index in [4.69, 9.17) is 10.5 Å². The maximum absolute atomic E-state index is 5.92. The van der Waals surface area contributed by atoms with Gasteiger partial charge in [0.2, 0.25) is 0 Å². The molecule has 0 bridgehead atoms. The molecule has 2 N–H and O–H groups in total. The maximum atomic E-state index is 5.92. The Kier molecular flexibility index (Phi) is 4.39. The third-order valence-corrected chi connectivity index (χ3v) is 3.77. The third kappa shape index (κ3) is 2.48. The van der Waals surface area contributed by atoms with E-state index in [0.717, 1.165) is 25.5 Å². The van der Waals surface area contributed by atoms with Crippen molar-refractivity contribution in [3.05, 3.63) is 0 Å². The molecular formula is C12H25NO. The summed E-state index contributed by atoms with van der Waals surface area (Å²) in [7, 11) is 0. The first-order valence-corrected chi connectivity index (χ1v) is 5.96. The second-order valence-electron chi connectivity index (χ2n) is 4.93. The summed E-state index contributed by atoms with van der Waals surface area (Å²) in [5.41, 5.74) is 6.20. The number of hydrogen-bond donors (Lipinski definition) is 1. The first-order valence-electron chi connectivity index (χ1n) is 5.96. The highest BCUT2D eigenvalue weighted by molar-refractivity contribution is 4.91. The van der Waals surface area contributed by atoms with Gasteiger partial charge in [0.1, 0.15) is 0 Å². The van der Waals surface area contributed by atoms with Crippen molar-refractivity contribution < 1.29 is 4.74 Å². The summed E-state index contributed by atoms with van der Waals surface area (Å²) in [6.07, 6.45) is 5.33. The van der Waals surface area contributed by atoms with Crippen LogP contribution in [0.3, 0.4) is 0 Å². The van der Waals surface area contributed by atoms with Crippen molar-refractivity contribution in [1.82, 2.24) is 0 Å². The Morgan fingerprint density at radius 2 is 2.29 bits per heavy atom. The van der Waals surface area contributed by atoms with Crippen LogP contribution in [-0.2, 0) is 4.74 Å². The van der Waals surface area contributed by atoms with Gasteiger partial charge in [-0.3, -0.25) is 0 Å². The van der Waals surface area contributed by atoms with Crippen LogP contribution in [0.15, 0.2) is 0 Å². The molecule has 1 heterocycles. The summed E-state index contributed by atoms with van der Waals surface area (Å²) in [5.74, 6) is 0.785. The monoisotopic (exact) mass is 199 g/mol. The van der Waals surface area contributed by atoms with Crippen LogP contribution in [0.2, 0.25) is 0 Å². The Balaban J connectivity index is 2.52. The zero-order valence-electron chi connectivity index (χ0n) is 9.88. The molecule has 3 atom stereocenters. The molecule has 0 spiro atoms. The average molecular weight is 199 g/mol. The van der Waals surface area contributed by atoms with Gasteiger partial charge in [-0.25, -0.2) is 0 Å². The van der Waals surface area contributed by atoms with Crippen LogP contribution in [0.4, 0.5) is 0 Å².